The number of hydrogen-bond donors (Lipinski definition) is 3. The Balaban J connectivity index is 1.82. The van der Waals surface area contributed by atoms with Crippen molar-refractivity contribution in [1.82, 2.24) is 10.2 Å². The molecule has 0 spiro atoms. The summed E-state index contributed by atoms with van der Waals surface area (Å²) < 4.78 is 27.7. The minimum absolute atomic E-state index is 0.0617. The Hall–Kier alpha value is -2.93. The summed E-state index contributed by atoms with van der Waals surface area (Å²) >= 11 is 0. The highest BCUT2D eigenvalue weighted by molar-refractivity contribution is 7.89. The highest BCUT2D eigenvalue weighted by atomic mass is 32.2. The number of anilines is 1. The number of nitrogens with one attached hydrogen (secondary N) is 2. The molecule has 1 aromatic rings. The van der Waals surface area contributed by atoms with Gasteiger partial charge in [-0.3, -0.25) is 14.9 Å². The second kappa shape index (κ2) is 10.2. The summed E-state index contributed by atoms with van der Waals surface area (Å²) in [6.07, 6.45) is 0.921. The fraction of sp³-hybridized carbons (Fsp3) is 0.529. The number of piperidine rings is 1. The average Bonchev–Trinajstić information content (AvgIpc) is 2.68. The lowest BCUT2D eigenvalue weighted by molar-refractivity contribution is -0.384. The van der Waals surface area contributed by atoms with Crippen LogP contribution in [0.5, 0.6) is 0 Å². The highest BCUT2D eigenvalue weighted by Gasteiger charge is 2.24. The Labute approximate surface area is 173 Å². The van der Waals surface area contributed by atoms with Gasteiger partial charge in [-0.25, -0.2) is 18.4 Å². The van der Waals surface area contributed by atoms with E-state index in [0.29, 0.717) is 32.5 Å². The molecule has 0 bridgehead atoms. The molecule has 0 aromatic heterocycles. The molecular formula is C17H25N5O7S. The second-order valence-electron chi connectivity index (χ2n) is 6.69. The van der Waals surface area contributed by atoms with Crippen LogP contribution in [0, 0.1) is 10.1 Å². The first-order valence-electron chi connectivity index (χ1n) is 9.38. The molecule has 0 aliphatic carbocycles. The summed E-state index contributed by atoms with van der Waals surface area (Å²) in [6.45, 7) is 3.14. The Morgan fingerprint density at radius 2 is 2.00 bits per heavy atom. The molecule has 30 heavy (non-hydrogen) atoms. The minimum Gasteiger partial charge on any atom is -0.450 e. The van der Waals surface area contributed by atoms with E-state index in [4.69, 9.17) is 9.88 Å². The molecule has 1 aliphatic rings. The quantitative estimate of drug-likeness (QED) is 0.390. The molecule has 0 unspecified atom stereocenters. The van der Waals surface area contributed by atoms with Crippen LogP contribution in [-0.2, 0) is 19.6 Å². The van der Waals surface area contributed by atoms with Crippen LogP contribution >= 0.6 is 0 Å². The maximum absolute atomic E-state index is 12.1. The zero-order valence-electron chi connectivity index (χ0n) is 16.5. The van der Waals surface area contributed by atoms with Gasteiger partial charge in [-0.2, -0.15) is 0 Å². The lowest BCUT2D eigenvalue weighted by Crippen LogP contribution is -2.46. The highest BCUT2D eigenvalue weighted by Crippen LogP contribution is 2.27. The monoisotopic (exact) mass is 443 g/mol. The summed E-state index contributed by atoms with van der Waals surface area (Å²) in [6, 6.07) is 3.20. The number of nitro benzene ring substituents is 1. The van der Waals surface area contributed by atoms with Gasteiger partial charge in [0, 0.05) is 38.2 Å². The van der Waals surface area contributed by atoms with E-state index in [1.807, 2.05) is 0 Å². The third kappa shape index (κ3) is 6.56. The van der Waals surface area contributed by atoms with Gasteiger partial charge >= 0.3 is 6.09 Å². The van der Waals surface area contributed by atoms with Gasteiger partial charge in [0.2, 0.25) is 15.9 Å². The number of amides is 2. The summed E-state index contributed by atoms with van der Waals surface area (Å²) in [7, 11) is -4.07. The van der Waals surface area contributed by atoms with Crippen LogP contribution in [0.15, 0.2) is 23.1 Å². The minimum atomic E-state index is -4.07. The number of benzene rings is 1. The molecule has 0 saturated carbocycles. The van der Waals surface area contributed by atoms with Crippen molar-refractivity contribution in [3.8, 4) is 0 Å². The van der Waals surface area contributed by atoms with Crippen molar-refractivity contribution in [2.24, 2.45) is 5.14 Å². The Morgan fingerprint density at radius 3 is 2.57 bits per heavy atom. The van der Waals surface area contributed by atoms with Gasteiger partial charge in [-0.15, -0.1) is 0 Å². The molecule has 1 aliphatic heterocycles. The van der Waals surface area contributed by atoms with E-state index in [1.165, 1.54) is 6.07 Å². The van der Waals surface area contributed by atoms with Crippen LogP contribution in [0.25, 0.3) is 0 Å². The maximum atomic E-state index is 12.1. The topological polar surface area (TPSA) is 174 Å². The van der Waals surface area contributed by atoms with Crippen molar-refractivity contribution >= 4 is 33.4 Å². The summed E-state index contributed by atoms with van der Waals surface area (Å²) in [5.41, 5.74) is -0.365. The molecule has 0 radical (unpaired) electrons. The third-order valence-electron chi connectivity index (χ3n) is 4.55. The summed E-state index contributed by atoms with van der Waals surface area (Å²) in [4.78, 5) is 35.5. The molecule has 1 aromatic carbocycles. The van der Waals surface area contributed by atoms with Crippen LogP contribution in [0.4, 0.5) is 16.2 Å². The van der Waals surface area contributed by atoms with Gasteiger partial charge in [0.25, 0.3) is 5.69 Å². The standard InChI is InChI=1S/C17H25N5O7S/c1-2-29-17(24)21-9-6-12(7-10-21)20-16(23)5-8-19-14-4-3-13(30(18,27)28)11-15(14)22(25)26/h3-4,11-12,19H,2,5-10H2,1H3,(H,20,23)(H2,18,27,28). The summed E-state index contributed by atoms with van der Waals surface area (Å²) in [5.74, 6) is -0.235. The van der Waals surface area contributed by atoms with E-state index in [2.05, 4.69) is 10.6 Å². The molecule has 1 heterocycles. The van der Waals surface area contributed by atoms with Gasteiger partial charge in [-0.05, 0) is 31.9 Å². The number of nitrogens with two attached hydrogens (primary N) is 1. The first-order chi connectivity index (χ1) is 14.1. The van der Waals surface area contributed by atoms with Crippen LogP contribution < -0.4 is 15.8 Å². The Morgan fingerprint density at radius 1 is 1.33 bits per heavy atom. The Kier molecular flexibility index (Phi) is 7.94. The second-order valence-corrected chi connectivity index (χ2v) is 8.25. The average molecular weight is 443 g/mol. The van der Waals surface area contributed by atoms with Gasteiger partial charge < -0.3 is 20.3 Å². The molecule has 12 nitrogen and oxygen atoms in total. The molecule has 0 atom stereocenters. The lowest BCUT2D eigenvalue weighted by Gasteiger charge is -2.31. The van der Waals surface area contributed by atoms with Crippen LogP contribution in [0.2, 0.25) is 0 Å². The smallest absolute Gasteiger partial charge is 0.409 e. The van der Waals surface area contributed by atoms with Gasteiger partial charge in [0.1, 0.15) is 5.69 Å². The summed E-state index contributed by atoms with van der Waals surface area (Å²) in [5, 5.41) is 21.8. The van der Waals surface area contributed by atoms with E-state index in [0.717, 1.165) is 12.1 Å². The molecule has 13 heteroatoms. The molecule has 2 amide bonds. The van der Waals surface area contributed by atoms with Crippen molar-refractivity contribution in [2.75, 3.05) is 31.6 Å². The van der Waals surface area contributed by atoms with E-state index >= 15 is 0 Å². The number of nitro groups is 1. The maximum Gasteiger partial charge on any atom is 0.409 e. The molecule has 4 N–H and O–H groups in total. The lowest BCUT2D eigenvalue weighted by atomic mass is 10.1. The van der Waals surface area contributed by atoms with Crippen LogP contribution in [-0.4, -0.2) is 62.5 Å². The predicted octanol–water partition coefficient (Wildman–Crippen LogP) is 0.781. The molecule has 2 rings (SSSR count). The van der Waals surface area contributed by atoms with Gasteiger partial charge in [-0.1, -0.05) is 0 Å². The fourth-order valence-corrected chi connectivity index (χ4v) is 3.55. The fourth-order valence-electron chi connectivity index (χ4n) is 3.02. The van der Waals surface area contributed by atoms with E-state index in [-0.39, 0.29) is 41.6 Å². The number of rotatable bonds is 8. The van der Waals surface area contributed by atoms with Crippen molar-refractivity contribution < 1.29 is 27.7 Å². The Bertz CT molecular complexity index is 898. The number of carbonyl (C=O) groups excluding carboxylic acids is 2. The number of sulfonamides is 1. The number of ether oxygens (including phenoxy) is 1. The first kappa shape index (κ1) is 23.3. The van der Waals surface area contributed by atoms with Gasteiger partial charge in [0.15, 0.2) is 0 Å². The molecular weight excluding hydrogens is 418 g/mol. The third-order valence-corrected chi connectivity index (χ3v) is 5.46. The number of nitrogens with zero attached hydrogens (tertiary/aromatic N) is 2. The molecule has 166 valence electrons. The first-order valence-corrected chi connectivity index (χ1v) is 10.9. The van der Waals surface area contributed by atoms with Gasteiger partial charge in [0.05, 0.1) is 16.4 Å². The van der Waals surface area contributed by atoms with E-state index < -0.39 is 20.6 Å². The van der Waals surface area contributed by atoms with Crippen molar-refractivity contribution in [2.45, 2.75) is 37.1 Å². The van der Waals surface area contributed by atoms with E-state index in [1.54, 1.807) is 11.8 Å². The zero-order valence-corrected chi connectivity index (χ0v) is 17.3. The molecule has 1 fully saturated rings. The van der Waals surface area contributed by atoms with Crippen molar-refractivity contribution in [3.63, 3.8) is 0 Å². The van der Waals surface area contributed by atoms with E-state index in [9.17, 15) is 28.1 Å². The number of hydrogen-bond acceptors (Lipinski definition) is 8. The van der Waals surface area contributed by atoms with Crippen molar-refractivity contribution in [1.29, 1.82) is 0 Å². The van der Waals surface area contributed by atoms with Crippen LogP contribution in [0.3, 0.4) is 0 Å². The zero-order chi connectivity index (χ0) is 22.3. The number of likely N-dealkylation sites (tertiary alicyclic amines) is 1. The number of primary sulfonamides is 1. The predicted molar refractivity (Wildman–Crippen MR) is 107 cm³/mol. The van der Waals surface area contributed by atoms with Crippen LogP contribution in [0.1, 0.15) is 26.2 Å². The SMILES string of the molecule is CCOC(=O)N1CCC(NC(=O)CCNc2ccc(S(N)(=O)=O)cc2[N+](=O)[O-])CC1. The number of carbonyl (C=O) groups is 2. The van der Waals surface area contributed by atoms with Crippen molar-refractivity contribution in [3.05, 3.63) is 28.3 Å². The molecule has 1 saturated heterocycles. The normalized spacial score (nSPS) is 14.8. The largest absolute Gasteiger partial charge is 0.450 e.